The number of rotatable bonds is 7. The Bertz CT molecular complexity index is 798. The molecule has 0 amide bonds. The first-order valence-electron chi connectivity index (χ1n) is 9.31. The molecule has 1 N–H and O–H groups in total. The number of carboxylic acids is 1. The van der Waals surface area contributed by atoms with E-state index in [1.165, 1.54) is 12.8 Å². The first kappa shape index (κ1) is 19.1. The summed E-state index contributed by atoms with van der Waals surface area (Å²) in [6, 6.07) is 5.28. The fourth-order valence-electron chi connectivity index (χ4n) is 3.28. The average Bonchev–Trinajstić information content (AvgIpc) is 3.43. The third-order valence-corrected chi connectivity index (χ3v) is 4.90. The zero-order valence-corrected chi connectivity index (χ0v) is 16.4. The van der Waals surface area contributed by atoms with E-state index in [0.29, 0.717) is 35.5 Å². The summed E-state index contributed by atoms with van der Waals surface area (Å²) in [6.07, 6.45) is 8.28. The smallest absolute Gasteiger partial charge is 0.337 e. The number of nitrogens with zero attached hydrogens (tertiary/aromatic N) is 1. The standard InChI is InChI=1S/C22H27NO4/c1-14-9-15(2)23(16(3)10-14)12-19(22(24)25)18-7-8-20(26-4)21(11-18)27-13-17-5-6-17/h7-12,14,17H,5-6,13H2,1-4H3,(H,24,25)/b19-12-. The topological polar surface area (TPSA) is 59.0 Å². The molecule has 0 saturated heterocycles. The Morgan fingerprint density at radius 3 is 2.44 bits per heavy atom. The van der Waals surface area contributed by atoms with Gasteiger partial charge in [-0.1, -0.05) is 25.1 Å². The van der Waals surface area contributed by atoms with Gasteiger partial charge in [-0.25, -0.2) is 4.79 Å². The number of ether oxygens (including phenoxy) is 2. The highest BCUT2D eigenvalue weighted by Crippen LogP contribution is 2.35. The SMILES string of the molecule is COc1ccc(/C(=C/N2C(C)=CC(C)C=C2C)C(=O)O)cc1OCC1CC1. The zero-order chi connectivity index (χ0) is 19.6. The number of aliphatic carboxylic acids is 1. The van der Waals surface area contributed by atoms with E-state index in [-0.39, 0.29) is 5.57 Å². The molecule has 1 aromatic carbocycles. The Morgan fingerprint density at radius 2 is 1.89 bits per heavy atom. The molecule has 5 heteroatoms. The Labute approximate surface area is 160 Å². The van der Waals surface area contributed by atoms with Gasteiger partial charge in [-0.15, -0.1) is 0 Å². The molecule has 5 nitrogen and oxygen atoms in total. The Kier molecular flexibility index (Phi) is 5.59. The van der Waals surface area contributed by atoms with Crippen LogP contribution >= 0.6 is 0 Å². The minimum Gasteiger partial charge on any atom is -0.493 e. The van der Waals surface area contributed by atoms with Gasteiger partial charge in [0.25, 0.3) is 0 Å². The van der Waals surface area contributed by atoms with Crippen molar-refractivity contribution in [1.82, 2.24) is 4.90 Å². The first-order chi connectivity index (χ1) is 12.9. The molecule has 1 saturated carbocycles. The third kappa shape index (κ3) is 4.54. The van der Waals surface area contributed by atoms with Crippen LogP contribution in [0.3, 0.4) is 0 Å². The number of allylic oxidation sites excluding steroid dienone is 4. The van der Waals surface area contributed by atoms with E-state index in [9.17, 15) is 9.90 Å². The second-order valence-electron chi connectivity index (χ2n) is 7.31. The van der Waals surface area contributed by atoms with Gasteiger partial charge in [0.1, 0.15) is 0 Å². The third-order valence-electron chi connectivity index (χ3n) is 4.90. The van der Waals surface area contributed by atoms with Gasteiger partial charge in [-0.2, -0.15) is 0 Å². The second-order valence-corrected chi connectivity index (χ2v) is 7.31. The van der Waals surface area contributed by atoms with Gasteiger partial charge in [0.05, 0.1) is 19.3 Å². The largest absolute Gasteiger partial charge is 0.493 e. The summed E-state index contributed by atoms with van der Waals surface area (Å²) in [4.78, 5) is 13.9. The van der Waals surface area contributed by atoms with Crippen LogP contribution in [0.25, 0.3) is 5.57 Å². The number of carbonyl (C=O) groups is 1. The van der Waals surface area contributed by atoms with Crippen molar-refractivity contribution in [3.63, 3.8) is 0 Å². The normalized spacial score (nSPS) is 18.1. The van der Waals surface area contributed by atoms with Crippen molar-refractivity contribution in [3.05, 3.63) is 53.5 Å². The molecular formula is C22H27NO4. The summed E-state index contributed by atoms with van der Waals surface area (Å²) in [7, 11) is 1.59. The van der Waals surface area contributed by atoms with E-state index in [4.69, 9.17) is 9.47 Å². The van der Waals surface area contributed by atoms with Crippen molar-refractivity contribution >= 4 is 11.5 Å². The van der Waals surface area contributed by atoms with Crippen LogP contribution in [0.5, 0.6) is 11.5 Å². The van der Waals surface area contributed by atoms with Crippen molar-refractivity contribution in [2.24, 2.45) is 11.8 Å². The van der Waals surface area contributed by atoms with Crippen LogP contribution < -0.4 is 9.47 Å². The molecule has 2 aliphatic rings. The molecular weight excluding hydrogens is 342 g/mol. The molecule has 1 fully saturated rings. The second kappa shape index (κ2) is 7.91. The number of benzene rings is 1. The molecule has 0 bridgehead atoms. The van der Waals surface area contributed by atoms with Crippen LogP contribution in [0.1, 0.15) is 39.2 Å². The minimum atomic E-state index is -0.979. The zero-order valence-electron chi connectivity index (χ0n) is 16.4. The summed E-state index contributed by atoms with van der Waals surface area (Å²) < 4.78 is 11.3. The fourth-order valence-corrected chi connectivity index (χ4v) is 3.28. The van der Waals surface area contributed by atoms with Crippen molar-refractivity contribution in [2.75, 3.05) is 13.7 Å². The lowest BCUT2D eigenvalue weighted by Gasteiger charge is -2.28. The maximum Gasteiger partial charge on any atom is 0.337 e. The van der Waals surface area contributed by atoms with Crippen molar-refractivity contribution in [3.8, 4) is 11.5 Å². The van der Waals surface area contributed by atoms with E-state index >= 15 is 0 Å². The summed E-state index contributed by atoms with van der Waals surface area (Å²) >= 11 is 0. The average molecular weight is 369 g/mol. The van der Waals surface area contributed by atoms with Gasteiger partial charge in [-0.05, 0) is 56.2 Å². The Morgan fingerprint density at radius 1 is 1.22 bits per heavy atom. The molecule has 0 atom stereocenters. The lowest BCUT2D eigenvalue weighted by molar-refractivity contribution is -0.130. The van der Waals surface area contributed by atoms with E-state index < -0.39 is 5.97 Å². The molecule has 3 rings (SSSR count). The van der Waals surface area contributed by atoms with Crippen LogP contribution in [0, 0.1) is 11.8 Å². The summed E-state index contributed by atoms with van der Waals surface area (Å²) in [5, 5.41) is 9.82. The molecule has 144 valence electrons. The molecule has 1 aromatic rings. The van der Waals surface area contributed by atoms with Gasteiger partial charge >= 0.3 is 5.97 Å². The predicted octanol–water partition coefficient (Wildman–Crippen LogP) is 4.67. The quantitative estimate of drug-likeness (QED) is 0.708. The Hall–Kier alpha value is -2.69. The minimum absolute atomic E-state index is 0.212. The summed E-state index contributed by atoms with van der Waals surface area (Å²) in [5.74, 6) is 1.16. The lowest BCUT2D eigenvalue weighted by atomic mass is 10.0. The van der Waals surface area contributed by atoms with Crippen LogP contribution in [-0.4, -0.2) is 29.7 Å². The highest BCUT2D eigenvalue weighted by atomic mass is 16.5. The van der Waals surface area contributed by atoms with Crippen molar-refractivity contribution in [1.29, 1.82) is 0 Å². The van der Waals surface area contributed by atoms with Crippen LogP contribution in [0.4, 0.5) is 0 Å². The van der Waals surface area contributed by atoms with Gasteiger partial charge < -0.3 is 19.5 Å². The molecule has 0 spiro atoms. The molecule has 1 aliphatic carbocycles. The fraction of sp³-hybridized carbons (Fsp3) is 0.409. The van der Waals surface area contributed by atoms with E-state index in [2.05, 4.69) is 19.1 Å². The molecule has 27 heavy (non-hydrogen) atoms. The molecule has 0 radical (unpaired) electrons. The van der Waals surface area contributed by atoms with Crippen LogP contribution in [-0.2, 0) is 4.79 Å². The van der Waals surface area contributed by atoms with Crippen molar-refractivity contribution < 1.29 is 19.4 Å². The highest BCUT2D eigenvalue weighted by Gasteiger charge is 2.23. The number of carboxylic acid groups (broad SMARTS) is 1. The number of methoxy groups -OCH3 is 1. The monoisotopic (exact) mass is 369 g/mol. The molecule has 0 unspecified atom stereocenters. The van der Waals surface area contributed by atoms with Crippen LogP contribution in [0.2, 0.25) is 0 Å². The van der Waals surface area contributed by atoms with Gasteiger partial charge in [-0.3, -0.25) is 0 Å². The maximum atomic E-state index is 12.0. The highest BCUT2D eigenvalue weighted by molar-refractivity contribution is 6.15. The molecule has 1 heterocycles. The van der Waals surface area contributed by atoms with E-state index in [1.807, 2.05) is 18.7 Å². The number of hydrogen-bond donors (Lipinski definition) is 1. The summed E-state index contributed by atoms with van der Waals surface area (Å²) in [5.41, 5.74) is 2.83. The van der Waals surface area contributed by atoms with Gasteiger partial charge in [0.15, 0.2) is 11.5 Å². The predicted molar refractivity (Wildman–Crippen MR) is 105 cm³/mol. The molecule has 1 aliphatic heterocycles. The number of hydrogen-bond acceptors (Lipinski definition) is 4. The lowest BCUT2D eigenvalue weighted by Crippen LogP contribution is -2.19. The van der Waals surface area contributed by atoms with Gasteiger partial charge in [0, 0.05) is 17.6 Å². The van der Waals surface area contributed by atoms with E-state index in [1.54, 1.807) is 31.5 Å². The van der Waals surface area contributed by atoms with Crippen molar-refractivity contribution in [2.45, 2.75) is 33.6 Å². The summed E-state index contributed by atoms with van der Waals surface area (Å²) in [6.45, 7) is 6.72. The van der Waals surface area contributed by atoms with Crippen LogP contribution in [0.15, 0.2) is 47.9 Å². The van der Waals surface area contributed by atoms with E-state index in [0.717, 1.165) is 11.4 Å². The maximum absolute atomic E-state index is 12.0. The Balaban J connectivity index is 1.94. The molecule has 0 aromatic heterocycles. The first-order valence-corrected chi connectivity index (χ1v) is 9.31. The van der Waals surface area contributed by atoms with Gasteiger partial charge in [0.2, 0.25) is 0 Å².